The number of fused-ring (bicyclic) bond motifs is 1. The Labute approximate surface area is 141 Å². The highest BCUT2D eigenvalue weighted by Crippen LogP contribution is 2.22. The average Bonchev–Trinajstić information content (AvgIpc) is 3.21. The summed E-state index contributed by atoms with van der Waals surface area (Å²) in [6, 6.07) is 5.20. The van der Waals surface area contributed by atoms with Crippen molar-refractivity contribution in [2.24, 2.45) is 0 Å². The first-order valence-electron chi connectivity index (χ1n) is 7.09. The molecule has 2 aromatic heterocycles. The second-order valence-electron chi connectivity index (χ2n) is 4.65. The maximum Gasteiger partial charge on any atom is 0.337 e. The molecule has 3 aromatic rings. The van der Waals surface area contributed by atoms with Crippen LogP contribution in [0.3, 0.4) is 0 Å². The Hall–Kier alpha value is -3.33. The van der Waals surface area contributed by atoms with Crippen LogP contribution in [0.25, 0.3) is 22.6 Å². The number of allylic oxidation sites excluding steroid dienone is 1. The number of benzene rings is 1. The van der Waals surface area contributed by atoms with Crippen LogP contribution in [0, 0.1) is 19.8 Å². The summed E-state index contributed by atoms with van der Waals surface area (Å²) in [5.41, 5.74) is 3.91. The molecule has 1 aromatic carbocycles. The number of hydrogen-bond donors (Lipinski definition) is 2. The van der Waals surface area contributed by atoms with Gasteiger partial charge in [0.1, 0.15) is 5.69 Å². The number of nitrogens with zero attached hydrogens (tertiary/aromatic N) is 2. The summed E-state index contributed by atoms with van der Waals surface area (Å²) in [6.07, 6.45) is 11.5. The van der Waals surface area contributed by atoms with Crippen molar-refractivity contribution >= 4 is 17.0 Å². The molecule has 0 amide bonds. The lowest BCUT2D eigenvalue weighted by Gasteiger charge is -1.97. The quantitative estimate of drug-likeness (QED) is 0.429. The molecule has 0 aliphatic heterocycles. The predicted molar refractivity (Wildman–Crippen MR) is 95.5 cm³/mol. The number of nitrogens with one attached hydrogen (secondary N) is 2. The lowest BCUT2D eigenvalue weighted by molar-refractivity contribution is 0.0601. The first-order valence-corrected chi connectivity index (χ1v) is 7.09. The molecule has 6 heteroatoms. The minimum absolute atomic E-state index is 0.365. The van der Waals surface area contributed by atoms with E-state index in [1.807, 2.05) is 13.8 Å². The molecule has 124 valence electrons. The smallest absolute Gasteiger partial charge is 0.337 e. The number of aromatic nitrogens is 4. The molecule has 6 nitrogen and oxygen atoms in total. The SMILES string of the molecule is C#C.C=CC.COC(=O)c1ccc2nc(-c3[nH]ncc3C)[nH]c2c1. The largest absolute Gasteiger partial charge is 0.465 e. The fraction of sp³-hybridized carbons (Fsp3) is 0.167. The van der Waals surface area contributed by atoms with Gasteiger partial charge in [-0.15, -0.1) is 19.4 Å². The average molecular weight is 324 g/mol. The van der Waals surface area contributed by atoms with Crippen molar-refractivity contribution in [1.82, 2.24) is 20.2 Å². The van der Waals surface area contributed by atoms with Crippen LogP contribution in [-0.4, -0.2) is 33.2 Å². The number of imidazole rings is 1. The van der Waals surface area contributed by atoms with Gasteiger partial charge in [0.2, 0.25) is 0 Å². The highest BCUT2D eigenvalue weighted by atomic mass is 16.5. The summed E-state index contributed by atoms with van der Waals surface area (Å²) in [5.74, 6) is 0.336. The number of hydrogen-bond acceptors (Lipinski definition) is 4. The summed E-state index contributed by atoms with van der Waals surface area (Å²) < 4.78 is 4.69. The number of ether oxygens (including phenoxy) is 1. The number of esters is 1. The number of H-pyrrole nitrogens is 2. The summed E-state index contributed by atoms with van der Waals surface area (Å²) >= 11 is 0. The van der Waals surface area contributed by atoms with E-state index in [0.29, 0.717) is 11.4 Å². The minimum Gasteiger partial charge on any atom is -0.465 e. The zero-order valence-corrected chi connectivity index (χ0v) is 14.0. The third-order valence-electron chi connectivity index (χ3n) is 2.97. The Morgan fingerprint density at radius 3 is 2.58 bits per heavy atom. The zero-order chi connectivity index (χ0) is 18.1. The minimum atomic E-state index is -0.365. The number of aryl methyl sites for hydroxylation is 1. The molecule has 2 N–H and O–H groups in total. The van der Waals surface area contributed by atoms with Crippen LogP contribution in [0.2, 0.25) is 0 Å². The van der Waals surface area contributed by atoms with Gasteiger partial charge in [-0.1, -0.05) is 6.08 Å². The maximum atomic E-state index is 11.5. The number of terminal acetylenes is 1. The van der Waals surface area contributed by atoms with Gasteiger partial charge < -0.3 is 9.72 Å². The highest BCUT2D eigenvalue weighted by molar-refractivity contribution is 5.94. The number of aromatic amines is 2. The van der Waals surface area contributed by atoms with Gasteiger partial charge in [0, 0.05) is 0 Å². The molecule has 0 bridgehead atoms. The van der Waals surface area contributed by atoms with Crippen LogP contribution in [-0.2, 0) is 4.74 Å². The number of rotatable bonds is 2. The topological polar surface area (TPSA) is 83.7 Å². The van der Waals surface area contributed by atoms with Crippen molar-refractivity contribution in [3.8, 4) is 24.4 Å². The first-order chi connectivity index (χ1) is 11.6. The van der Waals surface area contributed by atoms with Crippen molar-refractivity contribution in [3.05, 3.63) is 48.2 Å². The van der Waals surface area contributed by atoms with Crippen LogP contribution < -0.4 is 0 Å². The summed E-state index contributed by atoms with van der Waals surface area (Å²) in [6.45, 7) is 7.20. The molecule has 3 rings (SSSR count). The van der Waals surface area contributed by atoms with Crippen molar-refractivity contribution in [1.29, 1.82) is 0 Å². The number of methoxy groups -OCH3 is 1. The molecule has 0 atom stereocenters. The maximum absolute atomic E-state index is 11.5. The second-order valence-corrected chi connectivity index (χ2v) is 4.65. The fourth-order valence-corrected chi connectivity index (χ4v) is 1.96. The van der Waals surface area contributed by atoms with Gasteiger partial charge in [-0.2, -0.15) is 5.10 Å². The lowest BCUT2D eigenvalue weighted by Crippen LogP contribution is -2.00. The molecule has 0 unspecified atom stereocenters. The Kier molecular flexibility index (Phi) is 6.98. The highest BCUT2D eigenvalue weighted by Gasteiger charge is 2.12. The molecule has 0 aliphatic rings. The van der Waals surface area contributed by atoms with E-state index in [-0.39, 0.29) is 5.97 Å². The van der Waals surface area contributed by atoms with Crippen molar-refractivity contribution in [2.45, 2.75) is 13.8 Å². The van der Waals surface area contributed by atoms with Crippen LogP contribution in [0.4, 0.5) is 0 Å². The zero-order valence-electron chi connectivity index (χ0n) is 14.0. The third-order valence-corrected chi connectivity index (χ3v) is 2.97. The number of carbonyl (C=O) groups is 1. The second kappa shape index (κ2) is 8.96. The predicted octanol–water partition coefficient (Wildman–Crippen LogP) is 3.49. The molecule has 0 spiro atoms. The Bertz CT molecular complexity index is 843. The molecule has 2 heterocycles. The van der Waals surface area contributed by atoms with E-state index in [1.165, 1.54) is 7.11 Å². The van der Waals surface area contributed by atoms with Gasteiger partial charge in [-0.3, -0.25) is 5.10 Å². The number of carbonyl (C=O) groups excluding carboxylic acids is 1. The molecule has 0 radical (unpaired) electrons. The summed E-state index contributed by atoms with van der Waals surface area (Å²) in [5, 5.41) is 6.86. The lowest BCUT2D eigenvalue weighted by atomic mass is 10.2. The fourth-order valence-electron chi connectivity index (χ4n) is 1.96. The van der Waals surface area contributed by atoms with E-state index in [4.69, 9.17) is 4.74 Å². The van der Waals surface area contributed by atoms with Gasteiger partial charge in [0.15, 0.2) is 5.82 Å². The van der Waals surface area contributed by atoms with E-state index in [0.717, 1.165) is 22.3 Å². The molecular formula is C18H20N4O2. The summed E-state index contributed by atoms with van der Waals surface area (Å²) in [4.78, 5) is 19.1. The van der Waals surface area contributed by atoms with Crippen LogP contribution in [0.15, 0.2) is 37.1 Å². The monoisotopic (exact) mass is 324 g/mol. The van der Waals surface area contributed by atoms with Gasteiger partial charge in [-0.25, -0.2) is 9.78 Å². The van der Waals surface area contributed by atoms with Crippen molar-refractivity contribution in [2.75, 3.05) is 7.11 Å². The van der Waals surface area contributed by atoms with Crippen LogP contribution >= 0.6 is 0 Å². The van der Waals surface area contributed by atoms with E-state index >= 15 is 0 Å². The Morgan fingerprint density at radius 1 is 1.38 bits per heavy atom. The van der Waals surface area contributed by atoms with Gasteiger partial charge in [0.05, 0.1) is 29.9 Å². The van der Waals surface area contributed by atoms with Crippen molar-refractivity contribution in [3.63, 3.8) is 0 Å². The normalized spacial score (nSPS) is 9.21. The van der Waals surface area contributed by atoms with Gasteiger partial charge >= 0.3 is 5.97 Å². The standard InChI is InChI=1S/C13H12N4O2.C3H6.C2H2/c1-7-6-14-17-11(7)12-15-9-4-3-8(13(18)19-2)5-10(9)16-12;1-3-2;1-2/h3-6H,1-2H3,(H,14,17)(H,15,16);3H,1H2,2H3;1-2H. The molecule has 0 fully saturated rings. The Balaban J connectivity index is 0.000000521. The summed E-state index contributed by atoms with van der Waals surface area (Å²) in [7, 11) is 1.36. The molecule has 0 saturated carbocycles. The van der Waals surface area contributed by atoms with E-state index in [1.54, 1.807) is 30.5 Å². The van der Waals surface area contributed by atoms with E-state index in [2.05, 4.69) is 39.6 Å². The molecule has 24 heavy (non-hydrogen) atoms. The molecule has 0 aliphatic carbocycles. The molecule has 0 saturated heterocycles. The van der Waals surface area contributed by atoms with E-state index < -0.39 is 0 Å². The van der Waals surface area contributed by atoms with Crippen LogP contribution in [0.5, 0.6) is 0 Å². The van der Waals surface area contributed by atoms with Gasteiger partial charge in [0.25, 0.3) is 0 Å². The van der Waals surface area contributed by atoms with Crippen LogP contribution in [0.1, 0.15) is 22.8 Å². The Morgan fingerprint density at radius 2 is 2.04 bits per heavy atom. The van der Waals surface area contributed by atoms with Crippen molar-refractivity contribution < 1.29 is 9.53 Å². The molecular weight excluding hydrogens is 304 g/mol. The van der Waals surface area contributed by atoms with Gasteiger partial charge in [-0.05, 0) is 37.6 Å². The first kappa shape index (κ1) is 18.7. The van der Waals surface area contributed by atoms with E-state index in [9.17, 15) is 4.79 Å². The third kappa shape index (κ3) is 4.11.